The fraction of sp³-hybridized carbons (Fsp3) is 0.125. The lowest BCUT2D eigenvalue weighted by atomic mass is 10.2. The first-order valence-electron chi connectivity index (χ1n) is 10.4. The van der Waals surface area contributed by atoms with Gasteiger partial charge in [-0.1, -0.05) is 23.4 Å². The lowest BCUT2D eigenvalue weighted by Gasteiger charge is -2.11. The van der Waals surface area contributed by atoms with Crippen molar-refractivity contribution in [3.63, 3.8) is 0 Å². The van der Waals surface area contributed by atoms with Crippen molar-refractivity contribution < 1.29 is 9.53 Å². The van der Waals surface area contributed by atoms with Gasteiger partial charge in [0.25, 0.3) is 5.91 Å². The Bertz CT molecular complexity index is 1260. The van der Waals surface area contributed by atoms with E-state index in [-0.39, 0.29) is 11.7 Å². The van der Waals surface area contributed by atoms with E-state index in [9.17, 15) is 4.79 Å². The number of carbonyl (C=O) groups is 1. The zero-order valence-corrected chi connectivity index (χ0v) is 19.8. The molecule has 1 N–H and O–H groups in total. The number of carbonyl (C=O) groups excluding carboxylic acids is 1. The lowest BCUT2D eigenvalue weighted by molar-refractivity contribution is -0.118. The van der Waals surface area contributed by atoms with Crippen molar-refractivity contribution in [2.75, 3.05) is 12.4 Å². The summed E-state index contributed by atoms with van der Waals surface area (Å²) in [4.78, 5) is 16.3. The van der Waals surface area contributed by atoms with Gasteiger partial charge in [0.05, 0.1) is 18.6 Å². The van der Waals surface area contributed by atoms with E-state index >= 15 is 0 Å². The van der Waals surface area contributed by atoms with E-state index in [4.69, 9.17) is 16.3 Å². The molecular formula is C24H21ClN6O2S. The number of nitrogens with zero attached hydrogens (tertiary/aromatic N) is 5. The van der Waals surface area contributed by atoms with Gasteiger partial charge in [-0.15, -0.1) is 10.2 Å². The summed E-state index contributed by atoms with van der Waals surface area (Å²) in [6.45, 7) is 2.52. The largest absolute Gasteiger partial charge is 0.494 e. The molecule has 4 aromatic rings. The van der Waals surface area contributed by atoms with Crippen LogP contribution in [0.2, 0.25) is 5.02 Å². The Balaban J connectivity index is 1.53. The second kappa shape index (κ2) is 11.4. The van der Waals surface area contributed by atoms with Crippen molar-refractivity contribution in [1.82, 2.24) is 25.2 Å². The fourth-order valence-corrected chi connectivity index (χ4v) is 3.90. The van der Waals surface area contributed by atoms with E-state index in [1.165, 1.54) is 11.8 Å². The Labute approximate surface area is 206 Å². The predicted molar refractivity (Wildman–Crippen MR) is 134 cm³/mol. The summed E-state index contributed by atoms with van der Waals surface area (Å²) in [5.74, 6) is 1.26. The number of benzene rings is 2. The average Bonchev–Trinajstić information content (AvgIpc) is 3.28. The summed E-state index contributed by atoms with van der Waals surface area (Å²) in [6, 6.07) is 18.6. The topological polar surface area (TPSA) is 94.3 Å². The second-order valence-corrected chi connectivity index (χ2v) is 8.32. The Morgan fingerprint density at radius 1 is 1.09 bits per heavy atom. The van der Waals surface area contributed by atoms with Gasteiger partial charge in [0, 0.05) is 28.7 Å². The monoisotopic (exact) mass is 492 g/mol. The number of amides is 1. The fourth-order valence-electron chi connectivity index (χ4n) is 3.03. The second-order valence-electron chi connectivity index (χ2n) is 6.94. The minimum absolute atomic E-state index is 0.115. The molecule has 172 valence electrons. The molecule has 2 aromatic heterocycles. The van der Waals surface area contributed by atoms with E-state index in [0.717, 1.165) is 22.6 Å². The third-order valence-corrected chi connectivity index (χ3v) is 5.76. The van der Waals surface area contributed by atoms with Crippen LogP contribution < -0.4 is 10.2 Å². The van der Waals surface area contributed by atoms with Crippen LogP contribution in [0.3, 0.4) is 0 Å². The van der Waals surface area contributed by atoms with Crippen LogP contribution in [0.15, 0.2) is 83.3 Å². The van der Waals surface area contributed by atoms with Gasteiger partial charge >= 0.3 is 0 Å². The number of hydrogen-bond donors (Lipinski definition) is 1. The van der Waals surface area contributed by atoms with Crippen LogP contribution in [0, 0.1) is 0 Å². The Kier molecular flexibility index (Phi) is 7.90. The number of nitrogens with one attached hydrogen (secondary N) is 1. The molecule has 0 fully saturated rings. The molecule has 0 radical (unpaired) electrons. The highest BCUT2D eigenvalue weighted by Gasteiger charge is 2.17. The Morgan fingerprint density at radius 2 is 1.82 bits per heavy atom. The zero-order valence-electron chi connectivity index (χ0n) is 18.3. The summed E-state index contributed by atoms with van der Waals surface area (Å²) in [5.41, 5.74) is 5.06. The first-order chi connectivity index (χ1) is 16.6. The number of ether oxygens (including phenoxy) is 1. The molecule has 2 heterocycles. The number of rotatable bonds is 9. The van der Waals surface area contributed by atoms with E-state index < -0.39 is 0 Å². The van der Waals surface area contributed by atoms with Gasteiger partial charge in [-0.3, -0.25) is 14.3 Å². The number of halogens is 1. The van der Waals surface area contributed by atoms with Gasteiger partial charge < -0.3 is 4.74 Å². The molecule has 0 unspecified atom stereocenters. The van der Waals surface area contributed by atoms with Gasteiger partial charge in [0.2, 0.25) is 0 Å². The summed E-state index contributed by atoms with van der Waals surface area (Å²) in [6.07, 6.45) is 4.88. The molecule has 4 rings (SSSR count). The maximum absolute atomic E-state index is 12.3. The van der Waals surface area contributed by atoms with Crippen LogP contribution in [-0.2, 0) is 4.79 Å². The Morgan fingerprint density at radius 3 is 2.53 bits per heavy atom. The zero-order chi connectivity index (χ0) is 23.8. The van der Waals surface area contributed by atoms with Gasteiger partial charge in [0.15, 0.2) is 11.0 Å². The lowest BCUT2D eigenvalue weighted by Crippen LogP contribution is -2.20. The van der Waals surface area contributed by atoms with E-state index in [1.807, 2.05) is 47.9 Å². The molecule has 0 aliphatic rings. The van der Waals surface area contributed by atoms with E-state index in [2.05, 4.69) is 25.7 Å². The summed E-state index contributed by atoms with van der Waals surface area (Å²) >= 11 is 7.32. The van der Waals surface area contributed by atoms with Crippen LogP contribution >= 0.6 is 23.4 Å². The molecule has 2 aromatic carbocycles. The summed E-state index contributed by atoms with van der Waals surface area (Å²) < 4.78 is 7.45. The molecule has 0 atom stereocenters. The molecule has 1 amide bonds. The van der Waals surface area contributed by atoms with Crippen molar-refractivity contribution in [1.29, 1.82) is 0 Å². The summed E-state index contributed by atoms with van der Waals surface area (Å²) in [7, 11) is 0. The molecule has 8 nitrogen and oxygen atoms in total. The minimum atomic E-state index is -0.260. The Hall–Kier alpha value is -3.69. The van der Waals surface area contributed by atoms with E-state index in [0.29, 0.717) is 22.6 Å². The van der Waals surface area contributed by atoms with Crippen molar-refractivity contribution in [2.24, 2.45) is 5.10 Å². The first kappa shape index (κ1) is 23.5. The quantitative estimate of drug-likeness (QED) is 0.208. The molecule has 0 saturated carbocycles. The number of thioether (sulfide) groups is 1. The molecular weight excluding hydrogens is 472 g/mol. The third-order valence-electron chi connectivity index (χ3n) is 4.58. The number of aromatic nitrogens is 4. The first-order valence-corrected chi connectivity index (χ1v) is 11.8. The number of hydrogen-bond acceptors (Lipinski definition) is 7. The number of hydrazone groups is 1. The van der Waals surface area contributed by atoms with Crippen molar-refractivity contribution in [2.45, 2.75) is 12.1 Å². The van der Waals surface area contributed by atoms with Gasteiger partial charge in [-0.05, 0) is 73.2 Å². The van der Waals surface area contributed by atoms with Gasteiger partial charge in [-0.25, -0.2) is 5.43 Å². The molecule has 0 aliphatic carbocycles. The maximum atomic E-state index is 12.3. The van der Waals surface area contributed by atoms with E-state index in [1.54, 1.807) is 42.9 Å². The van der Waals surface area contributed by atoms with Crippen molar-refractivity contribution in [3.05, 3.63) is 83.6 Å². The third kappa shape index (κ3) is 6.00. The predicted octanol–water partition coefficient (Wildman–Crippen LogP) is 4.62. The standard InChI is InChI=1S/C24H21ClN6O2S/c1-2-33-21-9-7-20(8-10-21)31-23(18-3-5-19(25)6-4-18)29-30-24(31)34-16-22(32)28-27-15-17-11-13-26-14-12-17/h3-15H,2,16H2,1H3,(H,28,32). The average molecular weight is 493 g/mol. The minimum Gasteiger partial charge on any atom is -0.494 e. The smallest absolute Gasteiger partial charge is 0.250 e. The van der Waals surface area contributed by atoms with Crippen molar-refractivity contribution in [3.8, 4) is 22.8 Å². The molecule has 0 aliphatic heterocycles. The molecule has 0 saturated heterocycles. The van der Waals surface area contributed by atoms with Crippen LogP contribution in [0.1, 0.15) is 12.5 Å². The number of pyridine rings is 1. The van der Waals surface area contributed by atoms with Gasteiger partial charge in [0.1, 0.15) is 5.75 Å². The van der Waals surface area contributed by atoms with Crippen LogP contribution in [-0.4, -0.2) is 44.2 Å². The van der Waals surface area contributed by atoms with Crippen LogP contribution in [0.25, 0.3) is 17.1 Å². The molecule has 0 spiro atoms. The van der Waals surface area contributed by atoms with Crippen LogP contribution in [0.5, 0.6) is 5.75 Å². The summed E-state index contributed by atoms with van der Waals surface area (Å²) in [5, 5.41) is 13.9. The van der Waals surface area contributed by atoms with Crippen LogP contribution in [0.4, 0.5) is 0 Å². The molecule has 0 bridgehead atoms. The maximum Gasteiger partial charge on any atom is 0.250 e. The van der Waals surface area contributed by atoms with Crippen molar-refractivity contribution >= 4 is 35.5 Å². The highest BCUT2D eigenvalue weighted by atomic mass is 35.5. The molecule has 34 heavy (non-hydrogen) atoms. The normalized spacial score (nSPS) is 11.0. The van der Waals surface area contributed by atoms with Gasteiger partial charge in [-0.2, -0.15) is 5.10 Å². The highest BCUT2D eigenvalue weighted by molar-refractivity contribution is 7.99. The SMILES string of the molecule is CCOc1ccc(-n2c(SCC(=O)NN=Cc3ccncc3)nnc2-c2ccc(Cl)cc2)cc1. The highest BCUT2D eigenvalue weighted by Crippen LogP contribution is 2.29. The molecule has 10 heteroatoms.